The molecule has 0 radical (unpaired) electrons. The molecule has 2 atom stereocenters. The number of nitrogens with zero attached hydrogens (tertiary/aromatic N) is 2. The van der Waals surface area contributed by atoms with Crippen molar-refractivity contribution in [1.29, 1.82) is 0 Å². The molecule has 0 fully saturated rings. The lowest BCUT2D eigenvalue weighted by Crippen LogP contribution is -2.49. The minimum absolute atomic E-state index is 0.0721. The first-order valence-electron chi connectivity index (χ1n) is 10.0. The molecule has 0 spiro atoms. The van der Waals surface area contributed by atoms with Crippen LogP contribution in [0.4, 0.5) is 15.6 Å². The highest BCUT2D eigenvalue weighted by Gasteiger charge is 2.27. The average molecular weight is 535 g/mol. The van der Waals surface area contributed by atoms with Crippen molar-refractivity contribution in [2.24, 2.45) is 5.92 Å². The molecule has 0 bridgehead atoms. The van der Waals surface area contributed by atoms with Crippen molar-refractivity contribution in [3.05, 3.63) is 53.0 Å². The van der Waals surface area contributed by atoms with Gasteiger partial charge in [-0.1, -0.05) is 59.7 Å². The van der Waals surface area contributed by atoms with E-state index in [9.17, 15) is 9.59 Å². The molecule has 0 saturated heterocycles. The maximum absolute atomic E-state index is 13.0. The van der Waals surface area contributed by atoms with E-state index in [-0.39, 0.29) is 11.8 Å². The Balaban J connectivity index is 1.66. The second-order valence-electron chi connectivity index (χ2n) is 7.10. The molecule has 168 valence electrons. The zero-order chi connectivity index (χ0) is 23.1. The van der Waals surface area contributed by atoms with E-state index < -0.39 is 12.1 Å². The van der Waals surface area contributed by atoms with Crippen LogP contribution in [0, 0.1) is 5.92 Å². The first-order valence-corrected chi connectivity index (χ1v) is 12.8. The fourth-order valence-electron chi connectivity index (χ4n) is 2.88. The second kappa shape index (κ2) is 11.4. The summed E-state index contributed by atoms with van der Waals surface area (Å²) in [5.74, 6) is -0.402. The van der Waals surface area contributed by atoms with Crippen molar-refractivity contribution in [3.8, 4) is 10.6 Å². The van der Waals surface area contributed by atoms with Crippen LogP contribution < -0.4 is 16.0 Å². The summed E-state index contributed by atoms with van der Waals surface area (Å²) < 4.78 is 0.936. The number of thioether (sulfide) groups is 1. The Bertz CT molecular complexity index is 1070. The highest BCUT2D eigenvalue weighted by molar-refractivity contribution is 9.10. The van der Waals surface area contributed by atoms with Crippen LogP contribution in [-0.4, -0.2) is 34.4 Å². The van der Waals surface area contributed by atoms with Crippen LogP contribution in [0.25, 0.3) is 10.6 Å². The van der Waals surface area contributed by atoms with Gasteiger partial charge >= 0.3 is 6.03 Å². The van der Waals surface area contributed by atoms with Gasteiger partial charge in [-0.3, -0.25) is 10.1 Å². The van der Waals surface area contributed by atoms with Crippen LogP contribution in [0.5, 0.6) is 0 Å². The number of benzene rings is 2. The number of hydrogen-bond donors (Lipinski definition) is 3. The number of anilines is 2. The molecule has 0 saturated carbocycles. The summed E-state index contributed by atoms with van der Waals surface area (Å²) in [5.41, 5.74) is 1.56. The first kappa shape index (κ1) is 24.2. The highest BCUT2D eigenvalue weighted by Crippen LogP contribution is 2.28. The number of carbonyl (C=O) groups is 2. The Morgan fingerprint density at radius 3 is 2.53 bits per heavy atom. The van der Waals surface area contributed by atoms with E-state index >= 15 is 0 Å². The second-order valence-corrected chi connectivity index (χ2v) is 9.87. The molecule has 0 aliphatic heterocycles. The van der Waals surface area contributed by atoms with E-state index in [0.717, 1.165) is 21.4 Å². The quantitative estimate of drug-likeness (QED) is 0.315. The predicted molar refractivity (Wildman–Crippen MR) is 135 cm³/mol. The van der Waals surface area contributed by atoms with Gasteiger partial charge in [-0.25, -0.2) is 4.79 Å². The summed E-state index contributed by atoms with van der Waals surface area (Å²) in [5, 5.41) is 17.7. The number of nitrogens with one attached hydrogen (secondary N) is 3. The van der Waals surface area contributed by atoms with E-state index in [0.29, 0.717) is 15.8 Å². The molecule has 0 aliphatic carbocycles. The number of urea groups is 1. The molecule has 3 rings (SSSR count). The number of halogens is 1. The lowest BCUT2D eigenvalue weighted by Gasteiger charge is -2.23. The van der Waals surface area contributed by atoms with Gasteiger partial charge in [-0.05, 0) is 48.6 Å². The summed E-state index contributed by atoms with van der Waals surface area (Å²) in [4.78, 5) is 26.6. The number of aromatic nitrogens is 2. The molecule has 1 heterocycles. The van der Waals surface area contributed by atoms with Crippen molar-refractivity contribution in [2.45, 2.75) is 31.2 Å². The largest absolute Gasteiger partial charge is 0.326 e. The van der Waals surface area contributed by atoms with E-state index in [1.54, 1.807) is 11.8 Å². The summed E-state index contributed by atoms with van der Waals surface area (Å²) >= 11 is 6.35. The Labute approximate surface area is 203 Å². The molecule has 7 nitrogen and oxygen atoms in total. The molecular weight excluding hydrogens is 510 g/mol. The van der Waals surface area contributed by atoms with Gasteiger partial charge in [-0.2, -0.15) is 0 Å². The maximum Gasteiger partial charge on any atom is 0.319 e. The third-order valence-electron chi connectivity index (χ3n) is 4.86. The molecule has 3 aromatic rings. The van der Waals surface area contributed by atoms with Gasteiger partial charge in [0.15, 0.2) is 0 Å². The smallest absolute Gasteiger partial charge is 0.319 e. The van der Waals surface area contributed by atoms with Gasteiger partial charge in [0, 0.05) is 20.6 Å². The van der Waals surface area contributed by atoms with Gasteiger partial charge in [0.2, 0.25) is 11.0 Å². The summed E-state index contributed by atoms with van der Waals surface area (Å²) in [7, 11) is 0. The van der Waals surface area contributed by atoms with Crippen molar-refractivity contribution in [3.63, 3.8) is 0 Å². The molecule has 10 heteroatoms. The molecule has 0 unspecified atom stereocenters. The van der Waals surface area contributed by atoms with Crippen LogP contribution >= 0.6 is 39.0 Å². The lowest BCUT2D eigenvalue weighted by atomic mass is 9.98. The maximum atomic E-state index is 13.0. The number of hydrogen-bond acceptors (Lipinski definition) is 6. The number of amides is 3. The van der Waals surface area contributed by atoms with Gasteiger partial charge in [0.1, 0.15) is 11.0 Å². The molecule has 32 heavy (non-hydrogen) atoms. The van der Waals surface area contributed by atoms with Crippen molar-refractivity contribution in [2.75, 3.05) is 16.9 Å². The van der Waals surface area contributed by atoms with Crippen molar-refractivity contribution in [1.82, 2.24) is 15.5 Å². The standard InChI is InChI=1S/C22H24BrN5O2S2/c1-4-13(2)18(25-21(30)24-16-8-10-17(31-3)11-9-16)19(29)26-22-28-27-20(32-22)14-6-5-7-15(23)12-14/h5-13,18H,4H2,1-3H3,(H2,24,25,30)(H,26,28,29)/t13-,18+/m0/s1. The molecular formula is C22H24BrN5O2S2. The van der Waals surface area contributed by atoms with Crippen LogP contribution in [-0.2, 0) is 4.79 Å². The van der Waals surface area contributed by atoms with E-state index in [1.807, 2.05) is 68.6 Å². The van der Waals surface area contributed by atoms with Crippen LogP contribution in [0.15, 0.2) is 57.9 Å². The van der Waals surface area contributed by atoms with Crippen LogP contribution in [0.3, 0.4) is 0 Å². The van der Waals surface area contributed by atoms with Crippen molar-refractivity contribution >= 4 is 61.8 Å². The zero-order valence-corrected chi connectivity index (χ0v) is 21.1. The van der Waals surface area contributed by atoms with Crippen molar-refractivity contribution < 1.29 is 9.59 Å². The average Bonchev–Trinajstić information content (AvgIpc) is 3.26. The van der Waals surface area contributed by atoms with Gasteiger partial charge in [-0.15, -0.1) is 22.0 Å². The number of rotatable bonds is 8. The van der Waals surface area contributed by atoms with Crippen LogP contribution in [0.1, 0.15) is 20.3 Å². The summed E-state index contributed by atoms with van der Waals surface area (Å²) in [6.45, 7) is 3.90. The van der Waals surface area contributed by atoms with E-state index in [1.165, 1.54) is 11.3 Å². The summed E-state index contributed by atoms with van der Waals surface area (Å²) in [6.07, 6.45) is 2.71. The zero-order valence-electron chi connectivity index (χ0n) is 17.9. The molecule has 0 aliphatic rings. The molecule has 2 aromatic carbocycles. The molecule has 1 aromatic heterocycles. The van der Waals surface area contributed by atoms with Gasteiger partial charge in [0.05, 0.1) is 0 Å². The monoisotopic (exact) mass is 533 g/mol. The Morgan fingerprint density at radius 2 is 1.88 bits per heavy atom. The van der Waals surface area contributed by atoms with Gasteiger partial charge < -0.3 is 10.6 Å². The van der Waals surface area contributed by atoms with E-state index in [4.69, 9.17) is 0 Å². The third-order valence-corrected chi connectivity index (χ3v) is 6.98. The summed E-state index contributed by atoms with van der Waals surface area (Å²) in [6, 6.07) is 14.1. The Kier molecular flexibility index (Phi) is 8.66. The first-order chi connectivity index (χ1) is 15.4. The number of carbonyl (C=O) groups excluding carboxylic acids is 2. The topological polar surface area (TPSA) is 96.0 Å². The lowest BCUT2D eigenvalue weighted by molar-refractivity contribution is -0.119. The fourth-order valence-corrected chi connectivity index (χ4v) is 4.43. The molecule has 3 N–H and O–H groups in total. The Morgan fingerprint density at radius 1 is 1.12 bits per heavy atom. The third kappa shape index (κ3) is 6.54. The fraction of sp³-hybridized carbons (Fsp3) is 0.273. The Hall–Kier alpha value is -2.43. The van der Waals surface area contributed by atoms with E-state index in [2.05, 4.69) is 42.1 Å². The molecule has 3 amide bonds. The highest BCUT2D eigenvalue weighted by atomic mass is 79.9. The van der Waals surface area contributed by atoms with Gasteiger partial charge in [0.25, 0.3) is 0 Å². The minimum atomic E-state index is -0.719. The minimum Gasteiger partial charge on any atom is -0.326 e. The predicted octanol–water partition coefficient (Wildman–Crippen LogP) is 5.86. The van der Waals surface area contributed by atoms with Crippen LogP contribution in [0.2, 0.25) is 0 Å². The normalized spacial score (nSPS) is 12.6. The SMILES string of the molecule is CC[C@H](C)[C@@H](NC(=O)Nc1ccc(SC)cc1)C(=O)Nc1nnc(-c2cccc(Br)c2)s1.